The van der Waals surface area contributed by atoms with Crippen molar-refractivity contribution in [2.45, 2.75) is 37.9 Å². The third kappa shape index (κ3) is 2.66. The smallest absolute Gasteiger partial charge is 0.0674 e. The van der Waals surface area contributed by atoms with Gasteiger partial charge in [-0.1, -0.05) is 0 Å². The summed E-state index contributed by atoms with van der Waals surface area (Å²) < 4.78 is 5.45. The van der Waals surface area contributed by atoms with Gasteiger partial charge in [-0.25, -0.2) is 0 Å². The van der Waals surface area contributed by atoms with Crippen LogP contribution in [-0.4, -0.2) is 48.0 Å². The maximum Gasteiger partial charge on any atom is 0.0674 e. The molecule has 1 saturated carbocycles. The molecule has 0 unspecified atom stereocenters. The summed E-state index contributed by atoms with van der Waals surface area (Å²) in [4.78, 5) is 2.39. The van der Waals surface area contributed by atoms with Gasteiger partial charge in [0.15, 0.2) is 0 Å². The largest absolute Gasteiger partial charge is 0.390 e. The van der Waals surface area contributed by atoms with Gasteiger partial charge in [0.05, 0.1) is 18.3 Å². The Kier molecular flexibility index (Phi) is 2.58. The minimum atomic E-state index is -0.290. The zero-order valence-electron chi connectivity index (χ0n) is 8.33. The molecule has 0 aromatic heterocycles. The van der Waals surface area contributed by atoms with Gasteiger partial charge in [-0.15, -0.1) is 0 Å². The highest BCUT2D eigenvalue weighted by Crippen LogP contribution is 2.38. The zero-order chi connectivity index (χ0) is 9.31. The van der Waals surface area contributed by atoms with Crippen LogP contribution in [0.4, 0.5) is 0 Å². The molecule has 3 heteroatoms. The van der Waals surface area contributed by atoms with Crippen molar-refractivity contribution in [1.29, 1.82) is 0 Å². The molecule has 0 amide bonds. The van der Waals surface area contributed by atoms with Gasteiger partial charge in [-0.3, -0.25) is 4.90 Å². The average molecular weight is 185 g/mol. The van der Waals surface area contributed by atoms with Crippen molar-refractivity contribution >= 4 is 0 Å². The number of hydrogen-bond acceptors (Lipinski definition) is 3. The van der Waals surface area contributed by atoms with Gasteiger partial charge in [-0.2, -0.15) is 0 Å². The second kappa shape index (κ2) is 3.56. The summed E-state index contributed by atoms with van der Waals surface area (Å²) >= 11 is 0. The number of ether oxygens (including phenoxy) is 1. The van der Waals surface area contributed by atoms with Crippen molar-refractivity contribution in [2.24, 2.45) is 0 Å². The molecule has 76 valence electrons. The molecule has 1 heterocycles. The predicted octanol–water partition coefficient (Wildman–Crippen LogP) is 0.622. The van der Waals surface area contributed by atoms with Gasteiger partial charge in [-0.05, 0) is 26.2 Å². The molecule has 2 rings (SSSR count). The Balaban J connectivity index is 1.68. The molecule has 1 aliphatic heterocycles. The Morgan fingerprint density at radius 1 is 1.54 bits per heavy atom. The van der Waals surface area contributed by atoms with Crippen LogP contribution in [0.5, 0.6) is 0 Å². The minimum absolute atomic E-state index is 0.290. The predicted molar refractivity (Wildman–Crippen MR) is 50.7 cm³/mol. The highest BCUT2D eigenvalue weighted by atomic mass is 16.5. The lowest BCUT2D eigenvalue weighted by Crippen LogP contribution is -2.42. The molecule has 0 aromatic carbocycles. The summed E-state index contributed by atoms with van der Waals surface area (Å²) in [7, 11) is 0. The molecule has 1 atom stereocenters. The summed E-state index contributed by atoms with van der Waals surface area (Å²) in [6, 6.07) is 0. The maximum atomic E-state index is 9.67. The summed E-state index contributed by atoms with van der Waals surface area (Å²) in [6.07, 6.45) is 3.32. The van der Waals surface area contributed by atoms with E-state index in [0.29, 0.717) is 6.10 Å². The molecule has 2 fully saturated rings. The maximum absolute atomic E-state index is 9.67. The highest BCUT2D eigenvalue weighted by molar-refractivity contribution is 4.93. The number of nitrogens with zero attached hydrogens (tertiary/aromatic N) is 1. The van der Waals surface area contributed by atoms with E-state index in [0.717, 1.165) is 45.5 Å². The molecular weight excluding hydrogens is 166 g/mol. The standard InChI is InChI=1S/C10H19NO2/c1-9-8-11(6-7-13-9)5-4-10(12)2-3-10/h9,12H,2-8H2,1H3/t9-/m1/s1. The second-order valence-corrected chi connectivity index (χ2v) is 4.46. The number of aliphatic hydroxyl groups is 1. The lowest BCUT2D eigenvalue weighted by molar-refractivity contribution is -0.0232. The fraction of sp³-hybridized carbons (Fsp3) is 1.00. The Morgan fingerprint density at radius 3 is 2.92 bits per heavy atom. The summed E-state index contributed by atoms with van der Waals surface area (Å²) in [5.41, 5.74) is -0.290. The third-order valence-corrected chi connectivity index (χ3v) is 3.05. The summed E-state index contributed by atoms with van der Waals surface area (Å²) in [6.45, 7) is 6.04. The van der Waals surface area contributed by atoms with Crippen molar-refractivity contribution in [3.05, 3.63) is 0 Å². The van der Waals surface area contributed by atoms with Crippen molar-refractivity contribution in [2.75, 3.05) is 26.2 Å². The Labute approximate surface area is 79.7 Å². The molecule has 1 saturated heterocycles. The number of morpholine rings is 1. The van der Waals surface area contributed by atoms with Crippen molar-refractivity contribution in [1.82, 2.24) is 4.90 Å². The lowest BCUT2D eigenvalue weighted by atomic mass is 10.2. The zero-order valence-corrected chi connectivity index (χ0v) is 8.33. The van der Waals surface area contributed by atoms with Crippen LogP contribution in [0.3, 0.4) is 0 Å². The summed E-state index contributed by atoms with van der Waals surface area (Å²) in [5.74, 6) is 0. The average Bonchev–Trinajstić information content (AvgIpc) is 2.82. The van der Waals surface area contributed by atoms with Crippen LogP contribution < -0.4 is 0 Å². The normalized spacial score (nSPS) is 33.2. The molecule has 0 spiro atoms. The molecule has 2 aliphatic rings. The van der Waals surface area contributed by atoms with E-state index in [4.69, 9.17) is 4.74 Å². The monoisotopic (exact) mass is 185 g/mol. The van der Waals surface area contributed by atoms with E-state index in [2.05, 4.69) is 11.8 Å². The fourth-order valence-corrected chi connectivity index (χ4v) is 1.85. The van der Waals surface area contributed by atoms with Gasteiger partial charge >= 0.3 is 0 Å². The van der Waals surface area contributed by atoms with Gasteiger partial charge < -0.3 is 9.84 Å². The van der Waals surface area contributed by atoms with Crippen LogP contribution >= 0.6 is 0 Å². The molecular formula is C10H19NO2. The Hall–Kier alpha value is -0.120. The number of hydrogen-bond donors (Lipinski definition) is 1. The van der Waals surface area contributed by atoms with Crippen molar-refractivity contribution in [3.8, 4) is 0 Å². The van der Waals surface area contributed by atoms with E-state index in [9.17, 15) is 5.11 Å². The van der Waals surface area contributed by atoms with Crippen LogP contribution in [0.1, 0.15) is 26.2 Å². The van der Waals surface area contributed by atoms with E-state index in [1.807, 2.05) is 0 Å². The van der Waals surface area contributed by atoms with Gasteiger partial charge in [0.1, 0.15) is 0 Å². The molecule has 1 aliphatic carbocycles. The van der Waals surface area contributed by atoms with Gasteiger partial charge in [0.2, 0.25) is 0 Å². The second-order valence-electron chi connectivity index (χ2n) is 4.46. The van der Waals surface area contributed by atoms with E-state index < -0.39 is 0 Å². The Bertz CT molecular complexity index is 180. The lowest BCUT2D eigenvalue weighted by Gasteiger charge is -2.31. The molecule has 13 heavy (non-hydrogen) atoms. The van der Waals surface area contributed by atoms with Crippen LogP contribution in [0.25, 0.3) is 0 Å². The van der Waals surface area contributed by atoms with Gasteiger partial charge in [0, 0.05) is 19.6 Å². The SMILES string of the molecule is C[C@@H]1CN(CCC2(O)CC2)CCO1. The molecule has 0 radical (unpaired) electrons. The van der Waals surface area contributed by atoms with Crippen LogP contribution in [0.15, 0.2) is 0 Å². The summed E-state index contributed by atoms with van der Waals surface area (Å²) in [5, 5.41) is 9.67. The first-order valence-corrected chi connectivity index (χ1v) is 5.24. The van der Waals surface area contributed by atoms with E-state index in [1.54, 1.807) is 0 Å². The third-order valence-electron chi connectivity index (χ3n) is 3.05. The topological polar surface area (TPSA) is 32.7 Å². The van der Waals surface area contributed by atoms with Crippen LogP contribution in [0, 0.1) is 0 Å². The van der Waals surface area contributed by atoms with Gasteiger partial charge in [0.25, 0.3) is 0 Å². The Morgan fingerprint density at radius 2 is 2.31 bits per heavy atom. The first-order chi connectivity index (χ1) is 6.18. The highest BCUT2D eigenvalue weighted by Gasteiger charge is 2.40. The number of rotatable bonds is 3. The van der Waals surface area contributed by atoms with E-state index in [1.165, 1.54) is 0 Å². The van der Waals surface area contributed by atoms with E-state index >= 15 is 0 Å². The van der Waals surface area contributed by atoms with Crippen molar-refractivity contribution < 1.29 is 9.84 Å². The van der Waals surface area contributed by atoms with E-state index in [-0.39, 0.29) is 5.60 Å². The molecule has 0 bridgehead atoms. The van der Waals surface area contributed by atoms with Crippen molar-refractivity contribution in [3.63, 3.8) is 0 Å². The first kappa shape index (κ1) is 9.44. The minimum Gasteiger partial charge on any atom is -0.390 e. The molecule has 0 aromatic rings. The molecule has 3 nitrogen and oxygen atoms in total. The molecule has 1 N–H and O–H groups in total. The first-order valence-electron chi connectivity index (χ1n) is 5.24. The fourth-order valence-electron chi connectivity index (χ4n) is 1.85. The van der Waals surface area contributed by atoms with Crippen LogP contribution in [-0.2, 0) is 4.74 Å². The van der Waals surface area contributed by atoms with Crippen LogP contribution in [0.2, 0.25) is 0 Å². The quantitative estimate of drug-likeness (QED) is 0.699.